The maximum Gasteiger partial charge on any atom is 0.286 e. The summed E-state index contributed by atoms with van der Waals surface area (Å²) in [5, 5.41) is 7.28. The van der Waals surface area contributed by atoms with Crippen molar-refractivity contribution in [3.8, 4) is 0 Å². The van der Waals surface area contributed by atoms with Gasteiger partial charge in [-0.2, -0.15) is 9.50 Å². The molecule has 1 fully saturated rings. The number of carbonyl (C=O) groups excluding carboxylic acids is 2. The zero-order valence-electron chi connectivity index (χ0n) is 19.2. The van der Waals surface area contributed by atoms with Crippen LogP contribution in [0.3, 0.4) is 0 Å². The van der Waals surface area contributed by atoms with Crippen molar-refractivity contribution in [3.63, 3.8) is 0 Å². The smallest absolute Gasteiger partial charge is 0.286 e. The zero-order chi connectivity index (χ0) is 23.9. The molecule has 3 aromatic heterocycles. The van der Waals surface area contributed by atoms with Crippen molar-refractivity contribution in [2.24, 2.45) is 5.73 Å². The number of primary amides is 1. The molecule has 4 rings (SSSR count). The van der Waals surface area contributed by atoms with Gasteiger partial charge in [0.15, 0.2) is 0 Å². The number of anilines is 2. The Morgan fingerprint density at radius 2 is 1.85 bits per heavy atom. The van der Waals surface area contributed by atoms with Crippen molar-refractivity contribution in [1.29, 1.82) is 0 Å². The summed E-state index contributed by atoms with van der Waals surface area (Å²) in [6.45, 7) is 8.88. The Balaban J connectivity index is 1.39. The monoisotopic (exact) mass is 452 g/mol. The molecule has 1 saturated heterocycles. The van der Waals surface area contributed by atoms with Gasteiger partial charge < -0.3 is 21.7 Å². The molecule has 33 heavy (non-hydrogen) atoms. The lowest BCUT2D eigenvalue weighted by Crippen LogP contribution is -2.37. The van der Waals surface area contributed by atoms with E-state index < -0.39 is 5.91 Å². The second-order valence-corrected chi connectivity index (χ2v) is 8.39. The molecule has 12 heteroatoms. The molecule has 174 valence electrons. The topological polar surface area (TPSA) is 170 Å². The highest BCUT2D eigenvalue weighted by atomic mass is 16.2. The molecule has 3 aromatic rings. The molecule has 0 unspecified atom stereocenters. The van der Waals surface area contributed by atoms with Crippen LogP contribution >= 0.6 is 0 Å². The number of fused-ring (bicyclic) bond motifs is 1. The van der Waals surface area contributed by atoms with Gasteiger partial charge in [-0.3, -0.25) is 9.59 Å². The number of hydrogen-bond acceptors (Lipinski definition) is 9. The van der Waals surface area contributed by atoms with Gasteiger partial charge in [0.2, 0.25) is 17.7 Å². The van der Waals surface area contributed by atoms with E-state index in [0.717, 1.165) is 28.9 Å². The van der Waals surface area contributed by atoms with E-state index in [1.165, 1.54) is 0 Å². The predicted molar refractivity (Wildman–Crippen MR) is 122 cm³/mol. The molecule has 1 aliphatic heterocycles. The lowest BCUT2D eigenvalue weighted by molar-refractivity contribution is -0.121. The minimum absolute atomic E-state index is 0.00559. The normalized spacial score (nSPS) is 15.9. The van der Waals surface area contributed by atoms with Gasteiger partial charge in [-0.25, -0.2) is 15.0 Å². The SMILES string of the molecule is Cc1nc(C(N)=O)nc(N2CC[C@@H](NC(=O)CCc3c(C)nc4nc(N)nn4c3C)C2)c1C. The highest BCUT2D eigenvalue weighted by molar-refractivity contribution is 5.89. The molecule has 0 bridgehead atoms. The second kappa shape index (κ2) is 8.60. The Labute approximate surface area is 190 Å². The van der Waals surface area contributed by atoms with Gasteiger partial charge in [-0.05, 0) is 46.1 Å². The maximum atomic E-state index is 12.7. The van der Waals surface area contributed by atoms with Gasteiger partial charge in [0, 0.05) is 48.2 Å². The first-order valence-corrected chi connectivity index (χ1v) is 10.8. The van der Waals surface area contributed by atoms with Crippen LogP contribution in [0.2, 0.25) is 0 Å². The van der Waals surface area contributed by atoms with E-state index in [0.29, 0.717) is 43.2 Å². The van der Waals surface area contributed by atoms with Crippen LogP contribution < -0.4 is 21.7 Å². The number of nitrogen functional groups attached to an aromatic ring is 1. The zero-order valence-corrected chi connectivity index (χ0v) is 19.2. The Morgan fingerprint density at radius 1 is 1.09 bits per heavy atom. The standard InChI is InChI=1S/C21H28N10O2/c1-10-11(2)24-18(17(22)33)27-19(10)30-8-7-14(9-30)26-16(32)6-5-15-12(3)25-21-28-20(23)29-31(21)13(15)4/h14H,5-9H2,1-4H3,(H2,22,33)(H2,23,29)(H,26,32)/t14-/m1/s1. The summed E-state index contributed by atoms with van der Waals surface area (Å²) in [7, 11) is 0. The van der Waals surface area contributed by atoms with Crippen molar-refractivity contribution in [2.75, 3.05) is 23.7 Å². The molecule has 12 nitrogen and oxygen atoms in total. The Bertz CT molecular complexity index is 1250. The average Bonchev–Trinajstić information content (AvgIpc) is 3.35. The Kier molecular flexibility index (Phi) is 5.83. The van der Waals surface area contributed by atoms with Crippen LogP contribution in [-0.2, 0) is 11.2 Å². The second-order valence-electron chi connectivity index (χ2n) is 8.39. The van der Waals surface area contributed by atoms with E-state index in [1.54, 1.807) is 4.52 Å². The average molecular weight is 453 g/mol. The Hall–Kier alpha value is -3.83. The van der Waals surface area contributed by atoms with E-state index in [-0.39, 0.29) is 23.7 Å². The lowest BCUT2D eigenvalue weighted by Gasteiger charge is -2.21. The molecule has 0 radical (unpaired) electrons. The molecule has 0 aliphatic carbocycles. The fourth-order valence-corrected chi connectivity index (χ4v) is 4.23. The van der Waals surface area contributed by atoms with E-state index in [4.69, 9.17) is 11.5 Å². The first kappa shape index (κ1) is 22.4. The largest absolute Gasteiger partial charge is 0.366 e. The molecule has 1 atom stereocenters. The van der Waals surface area contributed by atoms with E-state index >= 15 is 0 Å². The number of nitrogens with two attached hydrogens (primary N) is 2. The molecule has 0 aromatic carbocycles. The summed E-state index contributed by atoms with van der Waals surface area (Å²) in [5.74, 6) is 0.624. The molecule has 0 spiro atoms. The van der Waals surface area contributed by atoms with Crippen LogP contribution in [0.25, 0.3) is 5.78 Å². The number of aryl methyl sites for hydroxylation is 3. The summed E-state index contributed by atoms with van der Waals surface area (Å²) < 4.78 is 1.61. The molecule has 2 amide bonds. The molecule has 1 aliphatic rings. The summed E-state index contributed by atoms with van der Waals surface area (Å²) in [4.78, 5) is 43.3. The number of amides is 2. The van der Waals surface area contributed by atoms with Gasteiger partial charge in [0.25, 0.3) is 11.7 Å². The van der Waals surface area contributed by atoms with Gasteiger partial charge >= 0.3 is 0 Å². The lowest BCUT2D eigenvalue weighted by atomic mass is 10.1. The van der Waals surface area contributed by atoms with Gasteiger partial charge in [-0.15, -0.1) is 5.10 Å². The first-order valence-electron chi connectivity index (χ1n) is 10.8. The van der Waals surface area contributed by atoms with Gasteiger partial charge in [0.05, 0.1) is 0 Å². The minimum atomic E-state index is -0.657. The van der Waals surface area contributed by atoms with Crippen molar-refractivity contribution in [2.45, 2.75) is 53.0 Å². The number of hydrogen-bond donors (Lipinski definition) is 3. The van der Waals surface area contributed by atoms with Crippen LogP contribution in [0, 0.1) is 27.7 Å². The summed E-state index contributed by atoms with van der Waals surface area (Å²) >= 11 is 0. The van der Waals surface area contributed by atoms with Crippen LogP contribution in [-0.4, -0.2) is 60.5 Å². The highest BCUT2D eigenvalue weighted by Gasteiger charge is 2.27. The fourth-order valence-electron chi connectivity index (χ4n) is 4.23. The van der Waals surface area contributed by atoms with Gasteiger partial charge in [-0.1, -0.05) is 0 Å². The van der Waals surface area contributed by atoms with Crippen molar-refractivity contribution < 1.29 is 9.59 Å². The quantitative estimate of drug-likeness (QED) is 0.471. The maximum absolute atomic E-state index is 12.7. The summed E-state index contributed by atoms with van der Waals surface area (Å²) in [6, 6.07) is -0.0119. The number of aromatic nitrogens is 6. The van der Waals surface area contributed by atoms with Gasteiger partial charge in [0.1, 0.15) is 5.82 Å². The van der Waals surface area contributed by atoms with E-state index in [1.807, 2.05) is 27.7 Å². The predicted octanol–water partition coefficient (Wildman–Crippen LogP) is 0.157. The molecular formula is C21H28N10O2. The van der Waals surface area contributed by atoms with Crippen LogP contribution in [0.5, 0.6) is 0 Å². The summed E-state index contributed by atoms with van der Waals surface area (Å²) in [5.41, 5.74) is 15.3. The molecular weight excluding hydrogens is 424 g/mol. The molecule has 0 saturated carbocycles. The van der Waals surface area contributed by atoms with Crippen molar-refractivity contribution in [1.82, 2.24) is 34.9 Å². The third-order valence-corrected chi connectivity index (χ3v) is 6.10. The van der Waals surface area contributed by atoms with Crippen molar-refractivity contribution in [3.05, 3.63) is 34.0 Å². The van der Waals surface area contributed by atoms with Crippen molar-refractivity contribution >= 4 is 29.4 Å². The summed E-state index contributed by atoms with van der Waals surface area (Å²) in [6.07, 6.45) is 1.64. The molecule has 5 N–H and O–H groups in total. The molecule has 4 heterocycles. The third kappa shape index (κ3) is 4.41. The first-order chi connectivity index (χ1) is 15.6. The van der Waals surface area contributed by atoms with Crippen LogP contribution in [0.4, 0.5) is 11.8 Å². The fraction of sp³-hybridized carbons (Fsp3) is 0.476. The number of rotatable bonds is 6. The Morgan fingerprint density at radius 3 is 2.58 bits per heavy atom. The number of nitrogens with zero attached hydrogens (tertiary/aromatic N) is 7. The van der Waals surface area contributed by atoms with E-state index in [9.17, 15) is 9.59 Å². The van der Waals surface area contributed by atoms with Crippen LogP contribution in [0.1, 0.15) is 51.7 Å². The van der Waals surface area contributed by atoms with E-state index in [2.05, 4.69) is 35.3 Å². The van der Waals surface area contributed by atoms with Crippen LogP contribution in [0.15, 0.2) is 0 Å². The minimum Gasteiger partial charge on any atom is -0.366 e. The highest BCUT2D eigenvalue weighted by Crippen LogP contribution is 2.24. The number of carbonyl (C=O) groups is 2. The number of nitrogens with one attached hydrogen (secondary N) is 1. The third-order valence-electron chi connectivity index (χ3n) is 6.10.